The maximum absolute atomic E-state index is 12.0. The maximum atomic E-state index is 12.0. The summed E-state index contributed by atoms with van der Waals surface area (Å²) in [6.07, 6.45) is 1.55. The fraction of sp³-hybridized carbons (Fsp3) is 0.308. The molecule has 0 aliphatic rings. The van der Waals surface area contributed by atoms with Gasteiger partial charge in [0.25, 0.3) is 5.91 Å². The minimum atomic E-state index is -0.235. The molecule has 0 fully saturated rings. The molecule has 0 atom stereocenters. The van der Waals surface area contributed by atoms with E-state index < -0.39 is 0 Å². The van der Waals surface area contributed by atoms with Crippen LogP contribution in [0.4, 0.5) is 0 Å². The first kappa shape index (κ1) is 13.5. The van der Waals surface area contributed by atoms with E-state index in [1.165, 1.54) is 0 Å². The van der Waals surface area contributed by atoms with E-state index in [1.807, 2.05) is 20.9 Å². The summed E-state index contributed by atoms with van der Waals surface area (Å²) in [5.74, 6) is -0.235. The summed E-state index contributed by atoms with van der Waals surface area (Å²) in [7, 11) is 1.88. The molecule has 0 aliphatic carbocycles. The fourth-order valence-corrected chi connectivity index (χ4v) is 2.10. The molecule has 2 aromatic rings. The molecule has 5 nitrogen and oxygen atoms in total. The van der Waals surface area contributed by atoms with Crippen LogP contribution in [-0.2, 0) is 13.6 Å². The number of rotatable bonds is 3. The van der Waals surface area contributed by atoms with Gasteiger partial charge in [0.1, 0.15) is 5.15 Å². The number of aryl methyl sites for hydroxylation is 2. The zero-order valence-corrected chi connectivity index (χ0v) is 11.8. The lowest BCUT2D eigenvalue weighted by Crippen LogP contribution is -2.24. The minimum absolute atomic E-state index is 0.208. The Balaban J connectivity index is 2.11. The number of amides is 1. The van der Waals surface area contributed by atoms with Crippen LogP contribution in [-0.4, -0.2) is 20.7 Å². The average molecular weight is 279 g/mol. The smallest absolute Gasteiger partial charge is 0.254 e. The highest BCUT2D eigenvalue weighted by atomic mass is 35.5. The predicted octanol–water partition coefficient (Wildman–Crippen LogP) is 2.02. The third-order valence-electron chi connectivity index (χ3n) is 3.09. The summed E-state index contributed by atoms with van der Waals surface area (Å²) in [6.45, 7) is 4.32. The molecule has 0 saturated heterocycles. The molecule has 0 spiro atoms. The highest BCUT2D eigenvalue weighted by Crippen LogP contribution is 2.14. The molecule has 2 heterocycles. The van der Waals surface area contributed by atoms with Crippen molar-refractivity contribution in [1.29, 1.82) is 0 Å². The highest BCUT2D eigenvalue weighted by Gasteiger charge is 2.13. The van der Waals surface area contributed by atoms with Crippen molar-refractivity contribution < 1.29 is 4.79 Å². The molecule has 0 aliphatic heterocycles. The van der Waals surface area contributed by atoms with E-state index in [0.29, 0.717) is 12.1 Å². The molecule has 100 valence electrons. The van der Waals surface area contributed by atoms with Crippen molar-refractivity contribution >= 4 is 17.5 Å². The number of carbonyl (C=O) groups excluding carboxylic acids is 1. The monoisotopic (exact) mass is 278 g/mol. The van der Waals surface area contributed by atoms with Crippen molar-refractivity contribution in [3.8, 4) is 0 Å². The third-order valence-corrected chi connectivity index (χ3v) is 3.39. The topological polar surface area (TPSA) is 59.8 Å². The second kappa shape index (κ2) is 5.40. The lowest BCUT2D eigenvalue weighted by atomic mass is 10.2. The number of halogens is 1. The fourth-order valence-electron chi connectivity index (χ4n) is 1.89. The maximum Gasteiger partial charge on any atom is 0.254 e. The molecule has 0 radical (unpaired) electrons. The van der Waals surface area contributed by atoms with Crippen LogP contribution in [0.15, 0.2) is 18.3 Å². The molecule has 0 bridgehead atoms. The summed E-state index contributed by atoms with van der Waals surface area (Å²) in [5, 5.41) is 7.35. The average Bonchev–Trinajstić information content (AvgIpc) is 2.61. The summed E-state index contributed by atoms with van der Waals surface area (Å²) in [6, 6.07) is 3.33. The Kier molecular flexibility index (Phi) is 3.85. The molecule has 1 N–H and O–H groups in total. The molecule has 1 amide bonds. The normalized spacial score (nSPS) is 10.5. The van der Waals surface area contributed by atoms with Gasteiger partial charge in [0.05, 0.1) is 11.3 Å². The zero-order chi connectivity index (χ0) is 14.0. The second-order valence-corrected chi connectivity index (χ2v) is 4.66. The number of pyridine rings is 1. The highest BCUT2D eigenvalue weighted by molar-refractivity contribution is 6.32. The van der Waals surface area contributed by atoms with Gasteiger partial charge in [-0.15, -0.1) is 0 Å². The van der Waals surface area contributed by atoms with Crippen LogP contribution in [0.25, 0.3) is 0 Å². The van der Waals surface area contributed by atoms with Crippen LogP contribution in [0.1, 0.15) is 27.3 Å². The van der Waals surface area contributed by atoms with Crippen LogP contribution < -0.4 is 5.32 Å². The molecule has 19 heavy (non-hydrogen) atoms. The Morgan fingerprint density at radius 3 is 2.79 bits per heavy atom. The van der Waals surface area contributed by atoms with Gasteiger partial charge in [0.2, 0.25) is 0 Å². The summed E-state index contributed by atoms with van der Waals surface area (Å²) >= 11 is 5.88. The number of carbonyl (C=O) groups is 1. The molecular formula is C13H15ClN4O. The lowest BCUT2D eigenvalue weighted by molar-refractivity contribution is 0.0950. The van der Waals surface area contributed by atoms with Crippen LogP contribution in [0.5, 0.6) is 0 Å². The van der Waals surface area contributed by atoms with Gasteiger partial charge < -0.3 is 5.32 Å². The van der Waals surface area contributed by atoms with Crippen molar-refractivity contribution in [2.75, 3.05) is 0 Å². The Hall–Kier alpha value is -1.88. The summed E-state index contributed by atoms with van der Waals surface area (Å²) in [4.78, 5) is 15.9. The third kappa shape index (κ3) is 2.76. The van der Waals surface area contributed by atoms with Gasteiger partial charge in [-0.05, 0) is 26.0 Å². The summed E-state index contributed by atoms with van der Waals surface area (Å²) < 4.78 is 1.80. The predicted molar refractivity (Wildman–Crippen MR) is 73.1 cm³/mol. The Bertz CT molecular complexity index is 621. The van der Waals surface area contributed by atoms with Gasteiger partial charge in [-0.3, -0.25) is 9.48 Å². The van der Waals surface area contributed by atoms with E-state index in [1.54, 1.807) is 23.0 Å². The number of nitrogens with zero attached hydrogens (tertiary/aromatic N) is 3. The van der Waals surface area contributed by atoms with Crippen LogP contribution >= 0.6 is 11.6 Å². The first-order valence-corrected chi connectivity index (χ1v) is 6.26. The van der Waals surface area contributed by atoms with Gasteiger partial charge in [-0.1, -0.05) is 11.6 Å². The molecule has 2 aromatic heterocycles. The molecule has 0 aromatic carbocycles. The molecule has 0 unspecified atom stereocenters. The number of hydrogen-bond acceptors (Lipinski definition) is 3. The zero-order valence-electron chi connectivity index (χ0n) is 11.1. The van der Waals surface area contributed by atoms with Crippen LogP contribution in [0.3, 0.4) is 0 Å². The van der Waals surface area contributed by atoms with Crippen molar-refractivity contribution in [3.63, 3.8) is 0 Å². The number of aromatic nitrogens is 3. The standard InChI is InChI=1S/C13H15ClN4O/c1-8-11(9(2)18(3)17-8)7-16-13(19)10-5-4-6-15-12(10)14/h4-6H,7H2,1-3H3,(H,16,19). The molecule has 0 saturated carbocycles. The largest absolute Gasteiger partial charge is 0.348 e. The van der Waals surface area contributed by atoms with Crippen LogP contribution in [0.2, 0.25) is 5.15 Å². The van der Waals surface area contributed by atoms with E-state index in [-0.39, 0.29) is 11.1 Å². The van der Waals surface area contributed by atoms with Gasteiger partial charge >= 0.3 is 0 Å². The van der Waals surface area contributed by atoms with E-state index in [2.05, 4.69) is 15.4 Å². The molecular weight excluding hydrogens is 264 g/mol. The lowest BCUT2D eigenvalue weighted by Gasteiger charge is -2.06. The quantitative estimate of drug-likeness (QED) is 0.874. The first-order chi connectivity index (χ1) is 9.00. The number of nitrogens with one attached hydrogen (secondary N) is 1. The van der Waals surface area contributed by atoms with Crippen molar-refractivity contribution in [2.45, 2.75) is 20.4 Å². The molecule has 6 heteroatoms. The minimum Gasteiger partial charge on any atom is -0.348 e. The van der Waals surface area contributed by atoms with E-state index in [4.69, 9.17) is 11.6 Å². The van der Waals surface area contributed by atoms with Gasteiger partial charge in [-0.25, -0.2) is 4.98 Å². The van der Waals surface area contributed by atoms with Gasteiger partial charge in [-0.2, -0.15) is 5.10 Å². The van der Waals surface area contributed by atoms with Crippen LogP contribution in [0, 0.1) is 13.8 Å². The second-order valence-electron chi connectivity index (χ2n) is 4.30. The Labute approximate surface area is 116 Å². The van der Waals surface area contributed by atoms with Crippen molar-refractivity contribution in [3.05, 3.63) is 46.0 Å². The van der Waals surface area contributed by atoms with E-state index >= 15 is 0 Å². The Morgan fingerprint density at radius 2 is 2.21 bits per heavy atom. The summed E-state index contributed by atoms with van der Waals surface area (Å²) in [5.41, 5.74) is 3.35. The SMILES string of the molecule is Cc1nn(C)c(C)c1CNC(=O)c1cccnc1Cl. The van der Waals surface area contributed by atoms with E-state index in [0.717, 1.165) is 17.0 Å². The Morgan fingerprint density at radius 1 is 1.47 bits per heavy atom. The van der Waals surface area contributed by atoms with Gasteiger partial charge in [0.15, 0.2) is 0 Å². The number of hydrogen-bond donors (Lipinski definition) is 1. The first-order valence-electron chi connectivity index (χ1n) is 5.88. The van der Waals surface area contributed by atoms with Crippen molar-refractivity contribution in [2.24, 2.45) is 7.05 Å². The van der Waals surface area contributed by atoms with Gasteiger partial charge in [0, 0.05) is 31.0 Å². The van der Waals surface area contributed by atoms with E-state index in [9.17, 15) is 4.79 Å². The molecule has 2 rings (SSSR count). The van der Waals surface area contributed by atoms with Crippen molar-refractivity contribution in [1.82, 2.24) is 20.1 Å².